The molecule has 0 aliphatic heterocycles. The van der Waals surface area contributed by atoms with E-state index in [9.17, 15) is 43.9 Å². The normalized spacial score (nSPS) is 12.7. The van der Waals surface area contributed by atoms with Crippen molar-refractivity contribution < 1.29 is 43.9 Å². The van der Waals surface area contributed by atoms with Crippen LogP contribution in [0.25, 0.3) is 0 Å². The number of rotatable bonds is 4. The lowest BCUT2D eigenvalue weighted by Gasteiger charge is -2.13. The Morgan fingerprint density at radius 1 is 0.929 bits per heavy atom. The van der Waals surface area contributed by atoms with Crippen LogP contribution in [0.4, 0.5) is 30.7 Å². The van der Waals surface area contributed by atoms with Crippen molar-refractivity contribution in [1.82, 2.24) is 15.2 Å². The fraction of sp³-hybridized carbons (Fsp3) is 0.143. The van der Waals surface area contributed by atoms with Crippen molar-refractivity contribution in [2.45, 2.75) is 17.2 Å². The van der Waals surface area contributed by atoms with Crippen LogP contribution in [-0.4, -0.2) is 19.3 Å². The van der Waals surface area contributed by atoms with Crippen molar-refractivity contribution in [2.75, 3.05) is 0 Å². The quantitative estimate of drug-likeness (QED) is 0.576. The number of nitrogens with one attached hydrogen (secondary N) is 2. The largest absolute Gasteiger partial charge is 0.433 e. The highest BCUT2D eigenvalue weighted by molar-refractivity contribution is 7.89. The second kappa shape index (κ2) is 7.35. The molecule has 2 aromatic rings. The third kappa shape index (κ3) is 5.16. The van der Waals surface area contributed by atoms with Gasteiger partial charge in [0.2, 0.25) is 0 Å². The highest BCUT2D eigenvalue weighted by atomic mass is 32.2. The molecule has 0 unspecified atom stereocenters. The standard InChI is InChI=1S/C14H8F7N3O3S/c15-8-1-3-9(4-2-8)28(26,27)24-23-12(25)10-5-7(13(16,17)18)6-11(22-10)14(19,20)21/h1-6,24H,(H,23,25). The number of nitrogens with zero attached hydrogens (tertiary/aromatic N) is 1. The van der Waals surface area contributed by atoms with Gasteiger partial charge in [-0.2, -0.15) is 26.3 Å². The topological polar surface area (TPSA) is 88.2 Å². The van der Waals surface area contributed by atoms with Crippen LogP contribution >= 0.6 is 0 Å². The molecule has 28 heavy (non-hydrogen) atoms. The maximum atomic E-state index is 12.8. The summed E-state index contributed by atoms with van der Waals surface area (Å²) in [5.74, 6) is -2.45. The number of benzene rings is 1. The first-order chi connectivity index (χ1) is 12.7. The zero-order chi connectivity index (χ0) is 21.3. The lowest BCUT2D eigenvalue weighted by molar-refractivity contribution is -0.145. The van der Waals surface area contributed by atoms with E-state index < -0.39 is 55.9 Å². The lowest BCUT2D eigenvalue weighted by atomic mass is 10.1. The van der Waals surface area contributed by atoms with Gasteiger partial charge >= 0.3 is 12.4 Å². The van der Waals surface area contributed by atoms with Crippen LogP contribution in [0.2, 0.25) is 0 Å². The van der Waals surface area contributed by atoms with E-state index in [0.717, 1.165) is 24.3 Å². The third-order valence-electron chi connectivity index (χ3n) is 3.10. The first-order valence-electron chi connectivity index (χ1n) is 6.94. The van der Waals surface area contributed by atoms with Gasteiger partial charge in [-0.25, -0.2) is 17.8 Å². The van der Waals surface area contributed by atoms with Gasteiger partial charge in [-0.05, 0) is 36.4 Å². The van der Waals surface area contributed by atoms with E-state index in [4.69, 9.17) is 0 Å². The van der Waals surface area contributed by atoms with Gasteiger partial charge in [0.05, 0.1) is 10.5 Å². The van der Waals surface area contributed by atoms with Crippen molar-refractivity contribution in [3.63, 3.8) is 0 Å². The summed E-state index contributed by atoms with van der Waals surface area (Å²) < 4.78 is 113. The second-order valence-corrected chi connectivity index (χ2v) is 6.82. The zero-order valence-corrected chi connectivity index (χ0v) is 14.0. The molecule has 1 aromatic carbocycles. The zero-order valence-electron chi connectivity index (χ0n) is 13.2. The molecule has 2 N–H and O–H groups in total. The van der Waals surface area contributed by atoms with Crippen molar-refractivity contribution in [3.8, 4) is 0 Å². The number of carbonyl (C=O) groups is 1. The summed E-state index contributed by atoms with van der Waals surface area (Å²) in [5, 5.41) is 0. The number of alkyl halides is 6. The van der Waals surface area contributed by atoms with E-state index >= 15 is 0 Å². The van der Waals surface area contributed by atoms with Gasteiger partial charge in [0.1, 0.15) is 17.2 Å². The van der Waals surface area contributed by atoms with E-state index in [-0.39, 0.29) is 12.1 Å². The summed E-state index contributed by atoms with van der Waals surface area (Å²) in [6.07, 6.45) is -10.5. The minimum absolute atomic E-state index is 0.0246. The first-order valence-corrected chi connectivity index (χ1v) is 8.43. The fourth-order valence-electron chi connectivity index (χ4n) is 1.81. The van der Waals surface area contributed by atoms with E-state index in [1.54, 1.807) is 0 Å². The van der Waals surface area contributed by atoms with Gasteiger partial charge in [0.25, 0.3) is 15.9 Å². The number of aromatic nitrogens is 1. The molecule has 0 saturated carbocycles. The van der Waals surface area contributed by atoms with Crippen LogP contribution in [-0.2, 0) is 22.4 Å². The van der Waals surface area contributed by atoms with E-state index in [1.165, 1.54) is 10.3 Å². The summed E-state index contributed by atoms with van der Waals surface area (Å²) in [5.41, 5.74) is -3.68. The Kier molecular flexibility index (Phi) is 5.66. The number of hydrogen-bond acceptors (Lipinski definition) is 4. The molecular weight excluding hydrogens is 423 g/mol. The Morgan fingerprint density at radius 3 is 2.00 bits per heavy atom. The summed E-state index contributed by atoms with van der Waals surface area (Å²) >= 11 is 0. The summed E-state index contributed by atoms with van der Waals surface area (Å²) in [4.78, 5) is 15.6. The maximum Gasteiger partial charge on any atom is 0.433 e. The average molecular weight is 431 g/mol. The molecule has 0 saturated heterocycles. The highest BCUT2D eigenvalue weighted by Crippen LogP contribution is 2.34. The molecule has 0 spiro atoms. The van der Waals surface area contributed by atoms with Gasteiger partial charge in [-0.1, -0.05) is 0 Å². The van der Waals surface area contributed by atoms with Crippen LogP contribution in [0, 0.1) is 5.82 Å². The number of hydrogen-bond donors (Lipinski definition) is 2. The molecule has 0 atom stereocenters. The molecule has 0 aliphatic carbocycles. The predicted octanol–water partition coefficient (Wildman–Crippen LogP) is 2.88. The lowest BCUT2D eigenvalue weighted by Crippen LogP contribution is -2.42. The Morgan fingerprint density at radius 2 is 1.50 bits per heavy atom. The van der Waals surface area contributed by atoms with Crippen molar-refractivity contribution in [3.05, 3.63) is 59.2 Å². The van der Waals surface area contributed by atoms with Crippen molar-refractivity contribution >= 4 is 15.9 Å². The van der Waals surface area contributed by atoms with Gasteiger partial charge in [0, 0.05) is 0 Å². The molecular formula is C14H8F7N3O3S. The molecule has 1 heterocycles. The summed E-state index contributed by atoms with van der Waals surface area (Å²) in [6.45, 7) is 0. The summed E-state index contributed by atoms with van der Waals surface area (Å²) in [6, 6.07) is 2.92. The second-order valence-electron chi connectivity index (χ2n) is 5.14. The smallest absolute Gasteiger partial charge is 0.272 e. The number of pyridine rings is 1. The molecule has 152 valence electrons. The Labute approximate surface area is 152 Å². The molecule has 6 nitrogen and oxygen atoms in total. The minimum Gasteiger partial charge on any atom is -0.272 e. The van der Waals surface area contributed by atoms with Gasteiger partial charge in [-0.15, -0.1) is 4.83 Å². The number of carbonyl (C=O) groups excluding carboxylic acids is 1. The van der Waals surface area contributed by atoms with Crippen LogP contribution in [0.1, 0.15) is 21.7 Å². The minimum atomic E-state index is -5.29. The highest BCUT2D eigenvalue weighted by Gasteiger charge is 2.39. The number of hydrazine groups is 1. The number of amides is 1. The molecule has 0 aliphatic rings. The van der Waals surface area contributed by atoms with E-state index in [0.29, 0.717) is 0 Å². The molecule has 0 radical (unpaired) electrons. The Bertz CT molecular complexity index is 954. The van der Waals surface area contributed by atoms with E-state index in [2.05, 4.69) is 4.98 Å². The van der Waals surface area contributed by atoms with Crippen LogP contribution < -0.4 is 10.3 Å². The third-order valence-corrected chi connectivity index (χ3v) is 4.36. The molecule has 0 fully saturated rings. The molecule has 14 heteroatoms. The van der Waals surface area contributed by atoms with Gasteiger partial charge < -0.3 is 0 Å². The number of halogens is 7. The Hall–Kier alpha value is -2.74. The molecule has 1 amide bonds. The average Bonchev–Trinajstić information content (AvgIpc) is 2.58. The number of sulfonamides is 1. The van der Waals surface area contributed by atoms with Crippen molar-refractivity contribution in [2.24, 2.45) is 0 Å². The fourth-order valence-corrected chi connectivity index (χ4v) is 2.65. The maximum absolute atomic E-state index is 12.8. The summed E-state index contributed by atoms with van der Waals surface area (Å²) in [7, 11) is -4.48. The van der Waals surface area contributed by atoms with Gasteiger partial charge in [0.15, 0.2) is 0 Å². The molecule has 2 rings (SSSR count). The SMILES string of the molecule is O=C(NNS(=O)(=O)c1ccc(F)cc1)c1cc(C(F)(F)F)cc(C(F)(F)F)n1. The predicted molar refractivity (Wildman–Crippen MR) is 78.4 cm³/mol. The van der Waals surface area contributed by atoms with Crippen LogP contribution in [0.3, 0.4) is 0 Å². The van der Waals surface area contributed by atoms with Gasteiger partial charge in [-0.3, -0.25) is 10.2 Å². The van der Waals surface area contributed by atoms with Crippen LogP contribution in [0.15, 0.2) is 41.3 Å². The van der Waals surface area contributed by atoms with E-state index in [1.807, 2.05) is 0 Å². The van der Waals surface area contributed by atoms with Crippen molar-refractivity contribution in [1.29, 1.82) is 0 Å². The molecule has 0 bridgehead atoms. The molecule has 1 aromatic heterocycles. The monoisotopic (exact) mass is 431 g/mol. The Balaban J connectivity index is 2.29. The first kappa shape index (κ1) is 21.6. The van der Waals surface area contributed by atoms with Crippen LogP contribution in [0.5, 0.6) is 0 Å².